The van der Waals surface area contributed by atoms with E-state index in [9.17, 15) is 9.59 Å². The number of hydrogen-bond donors (Lipinski definition) is 0. The Morgan fingerprint density at radius 2 is 1.21 bits per heavy atom. The number of carbonyl (C=O) groups is 2. The summed E-state index contributed by atoms with van der Waals surface area (Å²) in [5.74, 6) is -0.242. The van der Waals surface area contributed by atoms with Gasteiger partial charge >= 0.3 is 0 Å². The smallest absolute Gasteiger partial charge is 0.282 e. The van der Waals surface area contributed by atoms with Crippen LogP contribution in [0.3, 0.4) is 0 Å². The summed E-state index contributed by atoms with van der Waals surface area (Å²) < 4.78 is 9.42. The maximum atomic E-state index is 13.5. The topological polar surface area (TPSA) is 92.2 Å². The van der Waals surface area contributed by atoms with Gasteiger partial charge in [-0.25, -0.2) is 4.31 Å². The van der Waals surface area contributed by atoms with E-state index in [1.165, 1.54) is 11.9 Å². The second kappa shape index (κ2) is 10.4. The van der Waals surface area contributed by atoms with E-state index in [1.807, 2.05) is 62.4 Å². The highest BCUT2D eigenvalue weighted by atomic mass is 32.2. The molecule has 0 saturated heterocycles. The summed E-state index contributed by atoms with van der Waals surface area (Å²) >= 11 is 3.36. The molecule has 2 aromatic heterocycles. The first-order valence-corrected chi connectivity index (χ1v) is 12.8. The van der Waals surface area contributed by atoms with Gasteiger partial charge in [0.25, 0.3) is 11.8 Å². The van der Waals surface area contributed by atoms with E-state index in [0.717, 1.165) is 39.9 Å². The van der Waals surface area contributed by atoms with Crippen molar-refractivity contribution < 1.29 is 9.59 Å². The summed E-state index contributed by atoms with van der Waals surface area (Å²) in [5.41, 5.74) is 4.76. The summed E-state index contributed by atoms with van der Waals surface area (Å²) in [7, 11) is 0. The molecule has 4 rings (SSSR count). The summed E-state index contributed by atoms with van der Waals surface area (Å²) in [5, 5.41) is 7.97. The van der Waals surface area contributed by atoms with Crippen LogP contribution in [0.2, 0.25) is 0 Å². The summed E-state index contributed by atoms with van der Waals surface area (Å²) in [6, 6.07) is 15.4. The molecule has 0 fully saturated rings. The molecule has 0 unspecified atom stereocenters. The minimum absolute atomic E-state index is 0.199. The number of aromatic nitrogens is 4. The second-order valence-corrected chi connectivity index (χ2v) is 10.0. The van der Waals surface area contributed by atoms with Gasteiger partial charge < -0.3 is 0 Å². The van der Waals surface area contributed by atoms with Gasteiger partial charge in [-0.3, -0.25) is 14.5 Å². The van der Waals surface area contributed by atoms with Gasteiger partial charge in [-0.05, 0) is 87.0 Å². The Morgan fingerprint density at radius 3 is 1.68 bits per heavy atom. The van der Waals surface area contributed by atoms with Crippen molar-refractivity contribution >= 4 is 58.2 Å². The van der Waals surface area contributed by atoms with Gasteiger partial charge in [-0.15, -0.1) is 10.2 Å². The molecule has 0 bridgehead atoms. The minimum Gasteiger partial charge on any atom is -0.296 e. The molecule has 11 heteroatoms. The van der Waals surface area contributed by atoms with Crippen molar-refractivity contribution in [2.45, 2.75) is 27.7 Å². The average molecular weight is 511 g/mol. The van der Waals surface area contributed by atoms with Gasteiger partial charge in [0.05, 0.1) is 23.0 Å². The van der Waals surface area contributed by atoms with Crippen LogP contribution in [0.5, 0.6) is 0 Å². The van der Waals surface area contributed by atoms with E-state index in [1.54, 1.807) is 23.1 Å². The molecule has 4 aromatic rings. The Balaban J connectivity index is 1.68. The molecule has 0 atom stereocenters. The molecule has 0 spiro atoms. The Kier molecular flexibility index (Phi) is 7.35. The molecule has 0 saturated carbocycles. The van der Waals surface area contributed by atoms with Gasteiger partial charge in [-0.1, -0.05) is 44.4 Å². The number of amides is 2. The summed E-state index contributed by atoms with van der Waals surface area (Å²) in [6.45, 7) is 7.50. The number of hydrogen-bond acceptors (Lipinski definition) is 9. The molecule has 2 amide bonds. The molecule has 0 aliphatic rings. The fourth-order valence-electron chi connectivity index (χ4n) is 3.09. The van der Waals surface area contributed by atoms with Crippen molar-refractivity contribution in [3.63, 3.8) is 0 Å². The molecule has 0 radical (unpaired) electrons. The first-order valence-electron chi connectivity index (χ1n) is 10.4. The van der Waals surface area contributed by atoms with Gasteiger partial charge in [0.2, 0.25) is 0 Å². The number of nitrogens with zero attached hydrogens (tertiary/aromatic N) is 6. The fraction of sp³-hybridized carbons (Fsp3) is 0.217. The third kappa shape index (κ3) is 5.16. The summed E-state index contributed by atoms with van der Waals surface area (Å²) in [4.78, 5) is 29.5. The zero-order chi connectivity index (χ0) is 24.2. The van der Waals surface area contributed by atoms with Crippen molar-refractivity contribution in [1.29, 1.82) is 0 Å². The number of benzene rings is 2. The van der Waals surface area contributed by atoms with E-state index in [4.69, 9.17) is 0 Å². The minimum atomic E-state index is -0.228. The average Bonchev–Trinajstić information content (AvgIpc) is 3.45. The SMILES string of the molecule is Cc1ccc(N(CSN(C(=O)c2snnc2C)c2ccc(C)cc2)C(=O)c2snnc2C)cc1. The molecule has 0 aliphatic carbocycles. The lowest BCUT2D eigenvalue weighted by Crippen LogP contribution is -2.34. The zero-order valence-corrected chi connectivity index (χ0v) is 21.5. The highest BCUT2D eigenvalue weighted by Gasteiger charge is 2.27. The predicted molar refractivity (Wildman–Crippen MR) is 138 cm³/mol. The molecule has 174 valence electrons. The largest absolute Gasteiger partial charge is 0.296 e. The van der Waals surface area contributed by atoms with Crippen LogP contribution in [-0.2, 0) is 0 Å². The van der Waals surface area contributed by atoms with Crippen molar-refractivity contribution in [3.8, 4) is 0 Å². The normalized spacial score (nSPS) is 10.8. The summed E-state index contributed by atoms with van der Waals surface area (Å²) in [6.07, 6.45) is 0. The van der Waals surface area contributed by atoms with Gasteiger partial charge in [0.1, 0.15) is 9.75 Å². The molecule has 2 heterocycles. The number of carbonyl (C=O) groups excluding carboxylic acids is 2. The highest BCUT2D eigenvalue weighted by molar-refractivity contribution is 8.01. The fourth-order valence-corrected chi connectivity index (χ4v) is 5.32. The molecule has 34 heavy (non-hydrogen) atoms. The van der Waals surface area contributed by atoms with Crippen LogP contribution in [-0.4, -0.2) is 36.9 Å². The maximum Gasteiger partial charge on any atom is 0.282 e. The lowest BCUT2D eigenvalue weighted by atomic mass is 10.2. The molecule has 0 N–H and O–H groups in total. The number of aryl methyl sites for hydroxylation is 4. The second-order valence-electron chi connectivity index (χ2n) is 7.64. The van der Waals surface area contributed by atoms with E-state index in [0.29, 0.717) is 26.8 Å². The first kappa shape index (κ1) is 24.0. The van der Waals surface area contributed by atoms with Crippen LogP contribution in [0.25, 0.3) is 0 Å². The van der Waals surface area contributed by atoms with Crippen molar-refractivity contribution in [1.82, 2.24) is 19.2 Å². The van der Waals surface area contributed by atoms with E-state index in [2.05, 4.69) is 19.2 Å². The van der Waals surface area contributed by atoms with Crippen LogP contribution in [0.1, 0.15) is 41.9 Å². The lowest BCUT2D eigenvalue weighted by Gasteiger charge is -2.27. The zero-order valence-electron chi connectivity index (χ0n) is 19.1. The molecule has 8 nitrogen and oxygen atoms in total. The molecule has 2 aromatic carbocycles. The quantitative estimate of drug-likeness (QED) is 0.248. The van der Waals surface area contributed by atoms with Crippen LogP contribution in [0, 0.1) is 27.7 Å². The van der Waals surface area contributed by atoms with E-state index < -0.39 is 0 Å². The Bertz CT molecular complexity index is 1200. The molecule has 0 aliphatic heterocycles. The van der Waals surface area contributed by atoms with Gasteiger partial charge in [0.15, 0.2) is 0 Å². The Morgan fingerprint density at radius 1 is 0.735 bits per heavy atom. The third-order valence-electron chi connectivity index (χ3n) is 5.05. The van der Waals surface area contributed by atoms with Gasteiger partial charge in [0, 0.05) is 5.69 Å². The maximum absolute atomic E-state index is 13.5. The van der Waals surface area contributed by atoms with E-state index in [-0.39, 0.29) is 17.7 Å². The van der Waals surface area contributed by atoms with Crippen molar-refractivity contribution in [3.05, 3.63) is 80.8 Å². The Labute approximate surface area is 210 Å². The highest BCUT2D eigenvalue weighted by Crippen LogP contribution is 2.30. The molecular weight excluding hydrogens is 488 g/mol. The lowest BCUT2D eigenvalue weighted by molar-refractivity contribution is 0.0989. The monoisotopic (exact) mass is 510 g/mol. The van der Waals surface area contributed by atoms with Crippen LogP contribution >= 0.6 is 35.0 Å². The Hall–Kier alpha value is -3.15. The van der Waals surface area contributed by atoms with Gasteiger partial charge in [-0.2, -0.15) is 0 Å². The van der Waals surface area contributed by atoms with Crippen molar-refractivity contribution in [2.75, 3.05) is 15.1 Å². The van der Waals surface area contributed by atoms with Crippen molar-refractivity contribution in [2.24, 2.45) is 0 Å². The standard InChI is InChI=1S/C23H22N6O2S3/c1-14-5-9-18(10-6-14)28(22(30)20-16(3)24-26-33-20)13-32-29(19-11-7-15(2)8-12-19)23(31)21-17(4)25-27-34-21/h5-12H,13H2,1-4H3. The van der Waals surface area contributed by atoms with Crippen LogP contribution in [0.4, 0.5) is 11.4 Å². The first-order chi connectivity index (χ1) is 16.3. The van der Waals surface area contributed by atoms with E-state index >= 15 is 0 Å². The number of rotatable bonds is 7. The third-order valence-corrected chi connectivity index (χ3v) is 7.69. The predicted octanol–water partition coefficient (Wildman–Crippen LogP) is 5.22. The number of anilines is 2. The van der Waals surface area contributed by atoms with Crippen LogP contribution in [0.15, 0.2) is 48.5 Å². The van der Waals surface area contributed by atoms with Crippen LogP contribution < -0.4 is 9.21 Å². The molecular formula is C23H22N6O2S3.